The molecule has 3 rings (SSSR count). The van der Waals surface area contributed by atoms with Crippen LogP contribution in [-0.2, 0) is 17.1 Å². The van der Waals surface area contributed by atoms with Gasteiger partial charge in [0.05, 0.1) is 17.1 Å². The highest BCUT2D eigenvalue weighted by atomic mass is 35.5. The average Bonchev–Trinajstić information content (AvgIpc) is 2.99. The number of anilines is 1. The normalized spacial score (nSPS) is 12.2. The van der Waals surface area contributed by atoms with Crippen LogP contribution in [0.2, 0.25) is 5.15 Å². The van der Waals surface area contributed by atoms with Crippen LogP contribution in [0.1, 0.15) is 11.4 Å². The Morgan fingerprint density at radius 2 is 2.10 bits per heavy atom. The molecule has 0 spiro atoms. The van der Waals surface area contributed by atoms with Crippen LogP contribution in [0.3, 0.4) is 0 Å². The first kappa shape index (κ1) is 14.4. The quantitative estimate of drug-likeness (QED) is 0.789. The molecule has 3 aromatic rings. The first-order valence-corrected chi connectivity index (χ1v) is 8.69. The predicted octanol–water partition coefficient (Wildman–Crippen LogP) is 2.20. The molecule has 0 aliphatic heterocycles. The van der Waals surface area contributed by atoms with E-state index in [1.54, 1.807) is 37.2 Å². The van der Waals surface area contributed by atoms with Crippen molar-refractivity contribution < 1.29 is 8.42 Å². The minimum absolute atomic E-state index is 0.0476. The van der Waals surface area contributed by atoms with Crippen LogP contribution in [0, 0.1) is 13.8 Å². The molecule has 10 heteroatoms. The predicted molar refractivity (Wildman–Crippen MR) is 81.6 cm³/mol. The molecule has 0 aliphatic rings. The van der Waals surface area contributed by atoms with Gasteiger partial charge in [0.1, 0.15) is 0 Å². The first-order chi connectivity index (χ1) is 9.81. The Labute approximate surface area is 130 Å². The maximum atomic E-state index is 12.6. The van der Waals surface area contributed by atoms with Gasteiger partial charge in [-0.25, -0.2) is 4.98 Å². The second kappa shape index (κ2) is 4.72. The molecule has 0 unspecified atom stereocenters. The van der Waals surface area contributed by atoms with Gasteiger partial charge >= 0.3 is 0 Å². The molecule has 0 bridgehead atoms. The summed E-state index contributed by atoms with van der Waals surface area (Å²) in [5.41, 5.74) is 1.78. The number of fused-ring (bicyclic) bond motifs is 1. The Kier molecular flexibility index (Phi) is 3.23. The molecule has 21 heavy (non-hydrogen) atoms. The summed E-state index contributed by atoms with van der Waals surface area (Å²) >= 11 is 7.29. The van der Waals surface area contributed by atoms with Crippen molar-refractivity contribution in [1.29, 1.82) is 0 Å². The highest BCUT2D eigenvalue weighted by Gasteiger charge is 2.27. The average molecular weight is 346 g/mol. The van der Waals surface area contributed by atoms with Crippen molar-refractivity contribution in [2.24, 2.45) is 7.05 Å². The van der Waals surface area contributed by atoms with E-state index >= 15 is 0 Å². The van der Waals surface area contributed by atoms with Crippen LogP contribution < -0.4 is 4.72 Å². The molecule has 7 nitrogen and oxygen atoms in total. The summed E-state index contributed by atoms with van der Waals surface area (Å²) in [7, 11) is -2.10. The van der Waals surface area contributed by atoms with Crippen LogP contribution >= 0.6 is 22.9 Å². The lowest BCUT2D eigenvalue weighted by Gasteiger charge is -2.07. The molecular weight excluding hydrogens is 334 g/mol. The van der Waals surface area contributed by atoms with Gasteiger partial charge in [0.25, 0.3) is 10.0 Å². The fraction of sp³-hybridized carbons (Fsp3) is 0.273. The minimum Gasteiger partial charge on any atom is -0.278 e. The Bertz CT molecular complexity index is 938. The number of rotatable bonds is 3. The summed E-state index contributed by atoms with van der Waals surface area (Å²) in [6.45, 7) is 3.53. The van der Waals surface area contributed by atoms with Crippen LogP contribution in [0.5, 0.6) is 0 Å². The van der Waals surface area contributed by atoms with Gasteiger partial charge < -0.3 is 0 Å². The maximum absolute atomic E-state index is 12.6. The van der Waals surface area contributed by atoms with Crippen LogP contribution in [0.15, 0.2) is 16.6 Å². The SMILES string of the molecule is Cc1nn(C)c(C)c1NS(=O)(=O)c1c(Cl)nc2sccn12. The van der Waals surface area contributed by atoms with E-state index in [1.807, 2.05) is 0 Å². The third kappa shape index (κ3) is 2.21. The highest BCUT2D eigenvalue weighted by molar-refractivity contribution is 7.92. The zero-order valence-corrected chi connectivity index (χ0v) is 13.8. The van der Waals surface area contributed by atoms with E-state index in [4.69, 9.17) is 11.6 Å². The number of aryl methyl sites for hydroxylation is 2. The molecule has 3 aromatic heterocycles. The van der Waals surface area contributed by atoms with Gasteiger partial charge in [0.2, 0.25) is 0 Å². The number of imidazole rings is 1. The van der Waals surface area contributed by atoms with E-state index in [2.05, 4.69) is 14.8 Å². The second-order valence-corrected chi connectivity index (χ2v) is 7.37. The summed E-state index contributed by atoms with van der Waals surface area (Å²) < 4.78 is 30.9. The fourth-order valence-corrected chi connectivity index (χ4v) is 4.72. The summed E-state index contributed by atoms with van der Waals surface area (Å²) in [4.78, 5) is 4.57. The lowest BCUT2D eigenvalue weighted by atomic mass is 10.3. The largest absolute Gasteiger partial charge is 0.281 e. The number of aromatic nitrogens is 4. The summed E-state index contributed by atoms with van der Waals surface area (Å²) in [6, 6.07) is 0. The molecule has 3 heterocycles. The van der Waals surface area contributed by atoms with Gasteiger partial charge in [0, 0.05) is 18.6 Å². The number of nitrogens with one attached hydrogen (secondary N) is 1. The molecule has 0 aliphatic carbocycles. The molecule has 1 N–H and O–H groups in total. The van der Waals surface area contributed by atoms with Gasteiger partial charge in [-0.2, -0.15) is 13.5 Å². The summed E-state index contributed by atoms with van der Waals surface area (Å²) in [6.07, 6.45) is 1.62. The second-order valence-electron chi connectivity index (χ2n) is 4.54. The van der Waals surface area contributed by atoms with Crippen molar-refractivity contribution in [3.63, 3.8) is 0 Å². The molecule has 0 saturated carbocycles. The van der Waals surface area contributed by atoms with Crippen molar-refractivity contribution in [2.75, 3.05) is 4.72 Å². The molecular formula is C11H12ClN5O2S2. The van der Waals surface area contributed by atoms with Gasteiger partial charge in [-0.05, 0) is 13.8 Å². The molecule has 0 fully saturated rings. The van der Waals surface area contributed by atoms with Crippen molar-refractivity contribution in [1.82, 2.24) is 19.2 Å². The van der Waals surface area contributed by atoms with Crippen molar-refractivity contribution in [2.45, 2.75) is 18.9 Å². The molecule has 112 valence electrons. The van der Waals surface area contributed by atoms with Gasteiger partial charge in [0.15, 0.2) is 15.1 Å². The smallest absolute Gasteiger partial charge is 0.278 e. The third-order valence-corrected chi connectivity index (χ3v) is 5.68. The fourth-order valence-electron chi connectivity index (χ4n) is 2.08. The lowest BCUT2D eigenvalue weighted by Crippen LogP contribution is -2.16. The van der Waals surface area contributed by atoms with Gasteiger partial charge in [-0.3, -0.25) is 13.8 Å². The first-order valence-electron chi connectivity index (χ1n) is 5.95. The Hall–Kier alpha value is -1.58. The van der Waals surface area contributed by atoms with E-state index in [0.717, 1.165) is 5.69 Å². The number of hydrogen-bond donors (Lipinski definition) is 1. The number of thiazole rings is 1. The molecule has 0 atom stereocenters. The molecule has 0 saturated heterocycles. The van der Waals surface area contributed by atoms with Crippen molar-refractivity contribution in [3.8, 4) is 0 Å². The van der Waals surface area contributed by atoms with E-state index in [-0.39, 0.29) is 10.2 Å². The number of halogens is 1. The summed E-state index contributed by atoms with van der Waals surface area (Å²) in [5, 5.41) is 5.82. The number of nitrogens with zero attached hydrogens (tertiary/aromatic N) is 4. The van der Waals surface area contributed by atoms with Crippen LogP contribution in [0.25, 0.3) is 4.96 Å². The van der Waals surface area contributed by atoms with E-state index < -0.39 is 10.0 Å². The van der Waals surface area contributed by atoms with Crippen LogP contribution in [-0.4, -0.2) is 27.6 Å². The number of sulfonamides is 1. The van der Waals surface area contributed by atoms with Crippen LogP contribution in [0.4, 0.5) is 5.69 Å². The standard InChI is InChI=1S/C11H12ClN5O2S2/c1-6-8(7(2)16(3)14-6)15-21(18,19)10-9(12)13-11-17(10)4-5-20-11/h4-5,15H,1-3H3. The number of hydrogen-bond acceptors (Lipinski definition) is 5. The van der Waals surface area contributed by atoms with E-state index in [1.165, 1.54) is 15.7 Å². The molecule has 0 aromatic carbocycles. The zero-order chi connectivity index (χ0) is 15.4. The summed E-state index contributed by atoms with van der Waals surface area (Å²) in [5.74, 6) is 0. The minimum atomic E-state index is -3.86. The van der Waals surface area contributed by atoms with E-state index in [0.29, 0.717) is 16.3 Å². The maximum Gasteiger partial charge on any atom is 0.281 e. The Morgan fingerprint density at radius 3 is 2.71 bits per heavy atom. The topological polar surface area (TPSA) is 81.3 Å². The van der Waals surface area contributed by atoms with Crippen molar-refractivity contribution in [3.05, 3.63) is 28.1 Å². The monoisotopic (exact) mass is 345 g/mol. The van der Waals surface area contributed by atoms with Gasteiger partial charge in [-0.1, -0.05) is 11.6 Å². The highest BCUT2D eigenvalue weighted by Crippen LogP contribution is 2.28. The Morgan fingerprint density at radius 1 is 1.38 bits per heavy atom. The lowest BCUT2D eigenvalue weighted by molar-refractivity contribution is 0.596. The zero-order valence-electron chi connectivity index (χ0n) is 11.5. The van der Waals surface area contributed by atoms with Gasteiger partial charge in [-0.15, -0.1) is 11.3 Å². The molecule has 0 amide bonds. The third-order valence-electron chi connectivity index (χ3n) is 3.18. The molecule has 0 radical (unpaired) electrons. The Balaban J connectivity index is 2.13. The van der Waals surface area contributed by atoms with Crippen molar-refractivity contribution >= 4 is 43.6 Å². The van der Waals surface area contributed by atoms with E-state index in [9.17, 15) is 8.42 Å².